The highest BCUT2D eigenvalue weighted by molar-refractivity contribution is 5.96. The monoisotopic (exact) mass is 374 g/mol. The van der Waals surface area contributed by atoms with E-state index < -0.39 is 33.7 Å². The Morgan fingerprint density at radius 2 is 1.85 bits per heavy atom. The van der Waals surface area contributed by atoms with Gasteiger partial charge < -0.3 is 10.2 Å². The van der Waals surface area contributed by atoms with Gasteiger partial charge in [-0.25, -0.2) is 0 Å². The van der Waals surface area contributed by atoms with E-state index in [1.165, 1.54) is 11.0 Å². The average Bonchev–Trinajstić information content (AvgIpc) is 2.54. The number of benzene rings is 1. The van der Waals surface area contributed by atoms with Crippen molar-refractivity contribution in [3.63, 3.8) is 0 Å². The molecule has 1 aromatic carbocycles. The number of nitrogens with one attached hydrogen (secondary N) is 1. The second kappa shape index (κ2) is 8.80. The fraction of sp³-hybridized carbons (Fsp3) is 0.400. The van der Waals surface area contributed by atoms with Crippen molar-refractivity contribution in [3.8, 4) is 6.07 Å². The van der Waals surface area contributed by atoms with Crippen LogP contribution in [0.2, 0.25) is 0 Å². The topological polar surface area (TPSA) is 116 Å². The van der Waals surface area contributed by atoms with Crippen LogP contribution in [0.15, 0.2) is 18.2 Å². The van der Waals surface area contributed by atoms with Crippen molar-refractivity contribution in [2.75, 3.05) is 19.4 Å². The van der Waals surface area contributed by atoms with E-state index in [4.69, 9.17) is 5.26 Å². The first-order valence-electron chi connectivity index (χ1n) is 6.96. The number of amides is 2. The van der Waals surface area contributed by atoms with E-state index >= 15 is 0 Å². The van der Waals surface area contributed by atoms with E-state index in [-0.39, 0.29) is 5.69 Å². The van der Waals surface area contributed by atoms with Gasteiger partial charge in [0.15, 0.2) is 0 Å². The molecule has 8 nitrogen and oxygen atoms in total. The van der Waals surface area contributed by atoms with Gasteiger partial charge in [0.05, 0.1) is 17.2 Å². The van der Waals surface area contributed by atoms with E-state index in [0.717, 1.165) is 32.4 Å². The third-order valence-electron chi connectivity index (χ3n) is 2.93. The number of halogens is 3. The van der Waals surface area contributed by atoms with Gasteiger partial charge in [-0.2, -0.15) is 18.4 Å². The molecule has 0 spiro atoms. The van der Waals surface area contributed by atoms with Crippen molar-refractivity contribution in [3.05, 3.63) is 39.4 Å². The van der Waals surface area contributed by atoms with Crippen molar-refractivity contribution in [2.45, 2.75) is 25.6 Å². The van der Waals surface area contributed by atoms with Crippen molar-refractivity contribution < 1.29 is 27.7 Å². The summed E-state index contributed by atoms with van der Waals surface area (Å²) < 4.78 is 38.2. The Balaban J connectivity index is 0.00000110. The van der Waals surface area contributed by atoms with Gasteiger partial charge in [0.2, 0.25) is 6.41 Å². The molecule has 0 atom stereocenters. The van der Waals surface area contributed by atoms with Crippen LogP contribution in [0, 0.1) is 21.4 Å². The maximum Gasteiger partial charge on any atom is 0.417 e. The van der Waals surface area contributed by atoms with Crippen molar-refractivity contribution in [1.29, 1.82) is 5.26 Å². The standard InChI is InChI=1S/C12H10F3N3O3.C3H7NO/c1-11(2,18(20)21)10(19)17-8-4-3-7(6-16)9(5-8)12(13,14)15;1-4(2)3-5/h3-5H,1-2H3,(H,17,19);3H,1-2H3. The van der Waals surface area contributed by atoms with Crippen LogP contribution in [-0.4, -0.2) is 41.8 Å². The number of nitriles is 1. The predicted octanol–water partition coefficient (Wildman–Crippen LogP) is 2.28. The molecule has 0 heterocycles. The van der Waals surface area contributed by atoms with Crippen molar-refractivity contribution in [1.82, 2.24) is 4.90 Å². The van der Waals surface area contributed by atoms with E-state index in [0.29, 0.717) is 6.07 Å². The summed E-state index contributed by atoms with van der Waals surface area (Å²) in [5.41, 5.74) is -4.09. The van der Waals surface area contributed by atoms with Crippen LogP contribution in [0.25, 0.3) is 0 Å². The quantitative estimate of drug-likeness (QED) is 0.493. The Kier molecular flexibility index (Phi) is 7.73. The molecule has 0 unspecified atom stereocenters. The molecule has 0 aromatic heterocycles. The highest BCUT2D eigenvalue weighted by Crippen LogP contribution is 2.33. The Hall–Kier alpha value is -3.16. The molecule has 0 aliphatic heterocycles. The van der Waals surface area contributed by atoms with Gasteiger partial charge in [0.1, 0.15) is 0 Å². The first-order valence-corrected chi connectivity index (χ1v) is 6.96. The van der Waals surface area contributed by atoms with Gasteiger partial charge in [0.25, 0.3) is 5.54 Å². The van der Waals surface area contributed by atoms with E-state index in [9.17, 15) is 32.9 Å². The zero-order valence-electron chi connectivity index (χ0n) is 14.4. The zero-order valence-corrected chi connectivity index (χ0v) is 14.4. The van der Waals surface area contributed by atoms with Gasteiger partial charge in [-0.1, -0.05) is 0 Å². The molecule has 2 amide bonds. The highest BCUT2D eigenvalue weighted by Gasteiger charge is 2.40. The number of anilines is 1. The number of hydrogen-bond donors (Lipinski definition) is 1. The first kappa shape index (κ1) is 22.8. The summed E-state index contributed by atoms with van der Waals surface area (Å²) >= 11 is 0. The Labute approximate surface area is 147 Å². The van der Waals surface area contributed by atoms with Crippen LogP contribution >= 0.6 is 0 Å². The van der Waals surface area contributed by atoms with Gasteiger partial charge >= 0.3 is 12.1 Å². The number of carbonyl (C=O) groups is 2. The van der Waals surface area contributed by atoms with Crippen molar-refractivity contribution >= 4 is 18.0 Å². The van der Waals surface area contributed by atoms with Gasteiger partial charge in [-0.3, -0.25) is 19.7 Å². The largest absolute Gasteiger partial charge is 0.417 e. The molecule has 0 saturated carbocycles. The minimum absolute atomic E-state index is 0.277. The summed E-state index contributed by atoms with van der Waals surface area (Å²) in [6.07, 6.45) is -4.02. The maximum atomic E-state index is 12.7. The molecule has 0 aliphatic rings. The lowest BCUT2D eigenvalue weighted by molar-refractivity contribution is -0.542. The number of rotatable bonds is 4. The fourth-order valence-electron chi connectivity index (χ4n) is 1.32. The molecule has 0 fully saturated rings. The van der Waals surface area contributed by atoms with Crippen LogP contribution in [-0.2, 0) is 15.8 Å². The summed E-state index contributed by atoms with van der Waals surface area (Å²) in [6, 6.07) is 3.91. The molecule has 1 rings (SSSR count). The molecule has 0 aliphatic carbocycles. The van der Waals surface area contributed by atoms with Crippen LogP contribution in [0.1, 0.15) is 25.0 Å². The summed E-state index contributed by atoms with van der Waals surface area (Å²) in [5, 5.41) is 21.4. The van der Waals surface area contributed by atoms with Gasteiger partial charge in [0, 0.05) is 38.6 Å². The molecular weight excluding hydrogens is 357 g/mol. The molecule has 0 bridgehead atoms. The van der Waals surface area contributed by atoms with Crippen molar-refractivity contribution in [2.24, 2.45) is 0 Å². The lowest BCUT2D eigenvalue weighted by Crippen LogP contribution is -2.44. The van der Waals surface area contributed by atoms with Crippen LogP contribution in [0.5, 0.6) is 0 Å². The molecule has 1 aromatic rings. The van der Waals surface area contributed by atoms with E-state index in [2.05, 4.69) is 0 Å². The Bertz CT molecular complexity index is 725. The second-order valence-corrected chi connectivity index (χ2v) is 5.71. The normalized spacial score (nSPS) is 10.7. The molecule has 142 valence electrons. The highest BCUT2D eigenvalue weighted by atomic mass is 19.4. The predicted molar refractivity (Wildman–Crippen MR) is 85.6 cm³/mol. The lowest BCUT2D eigenvalue weighted by Gasteiger charge is -2.16. The minimum atomic E-state index is -4.77. The minimum Gasteiger partial charge on any atom is -0.351 e. The smallest absolute Gasteiger partial charge is 0.351 e. The van der Waals surface area contributed by atoms with Crippen LogP contribution < -0.4 is 5.32 Å². The van der Waals surface area contributed by atoms with Gasteiger partial charge in [-0.05, 0) is 18.2 Å². The maximum absolute atomic E-state index is 12.7. The fourth-order valence-corrected chi connectivity index (χ4v) is 1.32. The lowest BCUT2D eigenvalue weighted by atomic mass is 10.0. The number of nitrogens with zero attached hydrogens (tertiary/aromatic N) is 3. The Morgan fingerprint density at radius 3 is 2.19 bits per heavy atom. The summed E-state index contributed by atoms with van der Waals surface area (Å²) in [7, 11) is 3.38. The number of alkyl halides is 3. The molecular formula is C15H17F3N4O4. The zero-order chi connectivity index (χ0) is 20.7. The number of carbonyl (C=O) groups excluding carboxylic acids is 2. The summed E-state index contributed by atoms with van der Waals surface area (Å²) in [6.45, 7) is 2.05. The molecule has 1 N–H and O–H groups in total. The van der Waals surface area contributed by atoms with Gasteiger partial charge in [-0.15, -0.1) is 0 Å². The molecule has 0 radical (unpaired) electrons. The molecule has 26 heavy (non-hydrogen) atoms. The van der Waals surface area contributed by atoms with Crippen LogP contribution in [0.3, 0.4) is 0 Å². The SMILES string of the molecule is CC(C)(C(=O)Nc1ccc(C#N)c(C(F)(F)F)c1)[N+](=O)[O-].CN(C)C=O. The van der Waals surface area contributed by atoms with E-state index in [1.807, 2.05) is 5.32 Å². The second-order valence-electron chi connectivity index (χ2n) is 5.71. The molecule has 0 saturated heterocycles. The first-order chi connectivity index (χ1) is 11.8. The van der Waals surface area contributed by atoms with E-state index in [1.54, 1.807) is 14.1 Å². The average molecular weight is 374 g/mol. The summed E-state index contributed by atoms with van der Waals surface area (Å²) in [4.78, 5) is 32.4. The third-order valence-corrected chi connectivity index (χ3v) is 2.93. The Morgan fingerprint density at radius 1 is 1.35 bits per heavy atom. The molecule has 11 heteroatoms. The number of nitro groups is 1. The third kappa shape index (κ3) is 6.39. The summed E-state index contributed by atoms with van der Waals surface area (Å²) in [5.74, 6) is -1.06. The number of hydrogen-bond acceptors (Lipinski definition) is 5. The van der Waals surface area contributed by atoms with Crippen LogP contribution in [0.4, 0.5) is 18.9 Å².